The maximum atomic E-state index is 13.8. The average molecular weight is 227 g/mol. The van der Waals surface area contributed by atoms with Gasteiger partial charge in [-0.3, -0.25) is 0 Å². The lowest BCUT2D eigenvalue weighted by molar-refractivity contribution is 0.170. The number of likely N-dealkylation sites (N-methyl/N-ethyl adjacent to an activating group) is 1. The van der Waals surface area contributed by atoms with Crippen LogP contribution in [0.3, 0.4) is 0 Å². The van der Waals surface area contributed by atoms with Crippen LogP contribution in [0.5, 0.6) is 5.75 Å². The molecule has 0 heterocycles. The summed E-state index contributed by atoms with van der Waals surface area (Å²) in [6, 6.07) is 4.63. The number of ether oxygens (including phenoxy) is 1. The fourth-order valence-corrected chi connectivity index (χ4v) is 1.82. The number of rotatable bonds is 5. The highest BCUT2D eigenvalue weighted by atomic mass is 19.1. The lowest BCUT2D eigenvalue weighted by Gasteiger charge is -2.30. The van der Waals surface area contributed by atoms with Crippen molar-refractivity contribution in [2.24, 2.45) is 0 Å². The molecule has 1 atom stereocenters. The third-order valence-corrected chi connectivity index (χ3v) is 2.63. The minimum absolute atomic E-state index is 0.196. The molecule has 0 spiro atoms. The lowest BCUT2D eigenvalue weighted by atomic mass is 9.91. The fourth-order valence-electron chi connectivity index (χ4n) is 1.82. The molecule has 3 nitrogen and oxygen atoms in total. The smallest absolute Gasteiger partial charge is 0.132 e. The minimum Gasteiger partial charge on any atom is -0.496 e. The van der Waals surface area contributed by atoms with Gasteiger partial charge in [0.25, 0.3) is 0 Å². The average Bonchev–Trinajstić information content (AvgIpc) is 2.28. The second-order valence-corrected chi connectivity index (χ2v) is 3.84. The van der Waals surface area contributed by atoms with Crippen LogP contribution in [-0.2, 0) is 5.54 Å². The zero-order valence-electron chi connectivity index (χ0n) is 9.88. The summed E-state index contributed by atoms with van der Waals surface area (Å²) in [5.74, 6) is 0.0642. The standard InChI is InChI=1S/C12H18FNO2/c1-4-14-12(2,8-15)11-9(13)6-5-7-10(11)16-3/h5-7,14-15H,4,8H2,1-3H3. The van der Waals surface area contributed by atoms with Crippen LogP contribution < -0.4 is 10.1 Å². The Morgan fingerprint density at radius 3 is 2.69 bits per heavy atom. The number of aliphatic hydroxyl groups excluding tert-OH is 1. The molecule has 0 saturated carbocycles. The van der Waals surface area contributed by atoms with Gasteiger partial charge < -0.3 is 15.2 Å². The monoisotopic (exact) mass is 227 g/mol. The van der Waals surface area contributed by atoms with Gasteiger partial charge >= 0.3 is 0 Å². The van der Waals surface area contributed by atoms with Crippen molar-refractivity contribution < 1.29 is 14.2 Å². The van der Waals surface area contributed by atoms with Crippen LogP contribution in [0.25, 0.3) is 0 Å². The van der Waals surface area contributed by atoms with E-state index in [4.69, 9.17) is 4.74 Å². The molecule has 0 aliphatic heterocycles. The molecular weight excluding hydrogens is 209 g/mol. The summed E-state index contributed by atoms with van der Waals surface area (Å²) in [4.78, 5) is 0. The molecule has 0 aliphatic rings. The topological polar surface area (TPSA) is 41.5 Å². The Balaban J connectivity index is 3.27. The van der Waals surface area contributed by atoms with E-state index in [-0.39, 0.29) is 12.4 Å². The number of halogens is 1. The van der Waals surface area contributed by atoms with E-state index in [1.54, 1.807) is 19.1 Å². The molecular formula is C12H18FNO2. The van der Waals surface area contributed by atoms with Gasteiger partial charge in [0.05, 0.1) is 24.8 Å². The van der Waals surface area contributed by atoms with Gasteiger partial charge in [-0.05, 0) is 25.6 Å². The van der Waals surface area contributed by atoms with Gasteiger partial charge in [0.1, 0.15) is 11.6 Å². The van der Waals surface area contributed by atoms with E-state index in [0.717, 1.165) is 0 Å². The number of aliphatic hydroxyl groups is 1. The van der Waals surface area contributed by atoms with E-state index in [9.17, 15) is 9.50 Å². The summed E-state index contributed by atoms with van der Waals surface area (Å²) >= 11 is 0. The van der Waals surface area contributed by atoms with Crippen molar-refractivity contribution in [1.29, 1.82) is 0 Å². The van der Waals surface area contributed by atoms with E-state index < -0.39 is 5.54 Å². The molecule has 90 valence electrons. The van der Waals surface area contributed by atoms with Crippen LogP contribution in [0, 0.1) is 5.82 Å². The van der Waals surface area contributed by atoms with Crippen molar-refractivity contribution in [2.45, 2.75) is 19.4 Å². The summed E-state index contributed by atoms with van der Waals surface area (Å²) < 4.78 is 18.9. The minimum atomic E-state index is -0.828. The first-order valence-electron chi connectivity index (χ1n) is 5.28. The molecule has 1 aromatic carbocycles. The van der Waals surface area contributed by atoms with Crippen LogP contribution in [-0.4, -0.2) is 25.4 Å². The Bertz CT molecular complexity index is 357. The molecule has 4 heteroatoms. The van der Waals surface area contributed by atoms with Gasteiger partial charge in [0.2, 0.25) is 0 Å². The Hall–Kier alpha value is -1.13. The number of methoxy groups -OCH3 is 1. The first kappa shape index (κ1) is 12.9. The highest BCUT2D eigenvalue weighted by molar-refractivity contribution is 5.40. The van der Waals surface area contributed by atoms with E-state index in [1.165, 1.54) is 13.2 Å². The molecule has 2 N–H and O–H groups in total. The third-order valence-electron chi connectivity index (χ3n) is 2.63. The van der Waals surface area contributed by atoms with Crippen LogP contribution in [0.4, 0.5) is 4.39 Å². The summed E-state index contributed by atoms with van der Waals surface area (Å²) in [6.07, 6.45) is 0. The molecule has 0 aliphatic carbocycles. The zero-order chi connectivity index (χ0) is 12.2. The lowest BCUT2D eigenvalue weighted by Crippen LogP contribution is -2.43. The summed E-state index contributed by atoms with van der Waals surface area (Å²) in [5, 5.41) is 12.5. The first-order valence-corrected chi connectivity index (χ1v) is 5.28. The molecule has 0 aromatic heterocycles. The Kier molecular flexibility index (Phi) is 4.26. The molecule has 0 saturated heterocycles. The van der Waals surface area contributed by atoms with Gasteiger partial charge in [0.15, 0.2) is 0 Å². The normalized spacial score (nSPS) is 14.6. The zero-order valence-corrected chi connectivity index (χ0v) is 9.88. The highest BCUT2D eigenvalue weighted by Crippen LogP contribution is 2.31. The fraction of sp³-hybridized carbons (Fsp3) is 0.500. The molecule has 0 bridgehead atoms. The van der Waals surface area contributed by atoms with E-state index in [2.05, 4.69) is 5.32 Å². The molecule has 1 rings (SSSR count). The SMILES string of the molecule is CCNC(C)(CO)c1c(F)cccc1OC. The van der Waals surface area contributed by atoms with Crippen LogP contribution in [0.2, 0.25) is 0 Å². The van der Waals surface area contributed by atoms with Crippen LogP contribution >= 0.6 is 0 Å². The second-order valence-electron chi connectivity index (χ2n) is 3.84. The summed E-state index contributed by atoms with van der Waals surface area (Å²) in [5.41, 5.74) is -0.465. The van der Waals surface area contributed by atoms with Crippen molar-refractivity contribution >= 4 is 0 Å². The van der Waals surface area contributed by atoms with Crippen molar-refractivity contribution in [1.82, 2.24) is 5.32 Å². The first-order chi connectivity index (χ1) is 7.59. The summed E-state index contributed by atoms with van der Waals surface area (Å²) in [7, 11) is 1.49. The third kappa shape index (κ3) is 2.33. The van der Waals surface area contributed by atoms with Gasteiger partial charge in [-0.25, -0.2) is 4.39 Å². The maximum Gasteiger partial charge on any atom is 0.132 e. The van der Waals surface area contributed by atoms with E-state index in [0.29, 0.717) is 17.9 Å². The molecule has 0 amide bonds. The number of hydrogen-bond acceptors (Lipinski definition) is 3. The molecule has 1 aromatic rings. The van der Waals surface area contributed by atoms with Crippen molar-refractivity contribution in [2.75, 3.05) is 20.3 Å². The van der Waals surface area contributed by atoms with E-state index >= 15 is 0 Å². The van der Waals surface area contributed by atoms with Crippen molar-refractivity contribution in [3.05, 3.63) is 29.6 Å². The van der Waals surface area contributed by atoms with Crippen LogP contribution in [0.1, 0.15) is 19.4 Å². The Labute approximate surface area is 95.2 Å². The highest BCUT2D eigenvalue weighted by Gasteiger charge is 2.31. The van der Waals surface area contributed by atoms with Gasteiger partial charge in [-0.1, -0.05) is 13.0 Å². The van der Waals surface area contributed by atoms with Gasteiger partial charge in [-0.15, -0.1) is 0 Å². The quantitative estimate of drug-likeness (QED) is 0.803. The molecule has 0 fully saturated rings. The van der Waals surface area contributed by atoms with Crippen molar-refractivity contribution in [3.63, 3.8) is 0 Å². The molecule has 16 heavy (non-hydrogen) atoms. The molecule has 0 radical (unpaired) electrons. The number of nitrogens with one attached hydrogen (secondary N) is 1. The maximum absolute atomic E-state index is 13.8. The number of benzene rings is 1. The van der Waals surface area contributed by atoms with Gasteiger partial charge in [-0.2, -0.15) is 0 Å². The largest absolute Gasteiger partial charge is 0.496 e. The van der Waals surface area contributed by atoms with Crippen LogP contribution in [0.15, 0.2) is 18.2 Å². The van der Waals surface area contributed by atoms with Crippen molar-refractivity contribution in [3.8, 4) is 5.75 Å². The second kappa shape index (κ2) is 5.27. The predicted molar refractivity (Wildman–Crippen MR) is 61.1 cm³/mol. The van der Waals surface area contributed by atoms with Gasteiger partial charge in [0, 0.05) is 0 Å². The number of hydrogen-bond donors (Lipinski definition) is 2. The Morgan fingerprint density at radius 1 is 1.50 bits per heavy atom. The summed E-state index contributed by atoms with van der Waals surface area (Å²) in [6.45, 7) is 4.09. The molecule has 1 unspecified atom stereocenters. The van der Waals surface area contributed by atoms with E-state index in [1.807, 2.05) is 6.92 Å². The Morgan fingerprint density at radius 2 is 2.19 bits per heavy atom. The predicted octanol–water partition coefficient (Wildman–Crippen LogP) is 1.65.